The van der Waals surface area contributed by atoms with Gasteiger partial charge in [-0.15, -0.1) is 11.8 Å². The zero-order chi connectivity index (χ0) is 21.5. The number of thioether (sulfide) groups is 1. The van der Waals surface area contributed by atoms with Crippen molar-refractivity contribution in [1.82, 2.24) is 9.80 Å². The molecule has 1 aliphatic heterocycles. The van der Waals surface area contributed by atoms with Crippen molar-refractivity contribution in [2.24, 2.45) is 0 Å². The lowest BCUT2D eigenvalue weighted by atomic mass is 9.96. The average molecular weight is 435 g/mol. The molecule has 0 spiro atoms. The third-order valence-corrected chi connectivity index (χ3v) is 6.72. The van der Waals surface area contributed by atoms with E-state index in [4.69, 9.17) is 0 Å². The number of hydrogen-bond acceptors (Lipinski definition) is 3. The van der Waals surface area contributed by atoms with Gasteiger partial charge < -0.3 is 4.90 Å². The minimum absolute atomic E-state index is 0.152. The molecule has 1 fully saturated rings. The van der Waals surface area contributed by atoms with E-state index >= 15 is 0 Å². The summed E-state index contributed by atoms with van der Waals surface area (Å²) in [7, 11) is 0. The van der Waals surface area contributed by atoms with Gasteiger partial charge >= 0.3 is 0 Å². The predicted molar refractivity (Wildman–Crippen MR) is 125 cm³/mol. The molecule has 31 heavy (non-hydrogen) atoms. The van der Waals surface area contributed by atoms with Crippen molar-refractivity contribution in [2.45, 2.75) is 17.4 Å². The number of rotatable bonds is 7. The van der Waals surface area contributed by atoms with E-state index in [1.165, 1.54) is 29.0 Å². The Hall–Kier alpha value is -2.63. The minimum atomic E-state index is -0.221. The van der Waals surface area contributed by atoms with E-state index in [1.807, 2.05) is 23.1 Å². The fraction of sp³-hybridized carbons (Fsp3) is 0.269. The Labute approximate surface area is 187 Å². The summed E-state index contributed by atoms with van der Waals surface area (Å²) in [5.41, 5.74) is 2.55. The number of piperazine rings is 1. The monoisotopic (exact) mass is 434 g/mol. The van der Waals surface area contributed by atoms with Crippen molar-refractivity contribution in [3.63, 3.8) is 0 Å². The highest BCUT2D eigenvalue weighted by Gasteiger charge is 2.27. The number of halogens is 1. The van der Waals surface area contributed by atoms with Gasteiger partial charge in [-0.25, -0.2) is 4.39 Å². The summed E-state index contributed by atoms with van der Waals surface area (Å²) in [6.07, 6.45) is 0.430. The third kappa shape index (κ3) is 5.54. The summed E-state index contributed by atoms with van der Waals surface area (Å²) in [4.78, 5) is 17.7. The van der Waals surface area contributed by atoms with Crippen LogP contribution in [0.2, 0.25) is 0 Å². The molecule has 0 aliphatic carbocycles. The van der Waals surface area contributed by atoms with E-state index in [1.54, 1.807) is 12.1 Å². The normalized spacial score (nSPS) is 14.7. The summed E-state index contributed by atoms with van der Waals surface area (Å²) in [6.45, 7) is 3.11. The highest BCUT2D eigenvalue weighted by atomic mass is 32.2. The first-order chi connectivity index (χ1) is 15.2. The maximum atomic E-state index is 13.7. The summed E-state index contributed by atoms with van der Waals surface area (Å²) < 4.78 is 13.7. The number of carbonyl (C=O) groups is 1. The van der Waals surface area contributed by atoms with Gasteiger partial charge in [0.05, 0.1) is 6.04 Å². The largest absolute Gasteiger partial charge is 0.340 e. The fourth-order valence-electron chi connectivity index (χ4n) is 4.08. The van der Waals surface area contributed by atoms with E-state index in [-0.39, 0.29) is 17.8 Å². The molecule has 1 heterocycles. The number of amides is 1. The minimum Gasteiger partial charge on any atom is -0.340 e. The van der Waals surface area contributed by atoms with Gasteiger partial charge in [0, 0.05) is 43.2 Å². The Balaban J connectivity index is 1.34. The van der Waals surface area contributed by atoms with E-state index in [0.29, 0.717) is 17.1 Å². The molecule has 0 radical (unpaired) electrons. The van der Waals surface area contributed by atoms with Crippen LogP contribution in [0.5, 0.6) is 0 Å². The molecule has 160 valence electrons. The van der Waals surface area contributed by atoms with Crippen LogP contribution in [0, 0.1) is 5.82 Å². The average Bonchev–Trinajstić information content (AvgIpc) is 2.82. The molecule has 4 rings (SSSR count). The number of carbonyl (C=O) groups excluding carboxylic acids is 1. The Kier molecular flexibility index (Phi) is 7.39. The molecule has 1 saturated heterocycles. The molecule has 3 aromatic rings. The first kappa shape index (κ1) is 21.6. The molecule has 0 aromatic heterocycles. The van der Waals surface area contributed by atoms with Gasteiger partial charge in [0.2, 0.25) is 5.91 Å². The first-order valence-electron chi connectivity index (χ1n) is 10.7. The molecule has 3 nitrogen and oxygen atoms in total. The Bertz CT molecular complexity index is 935. The molecule has 0 saturated carbocycles. The Morgan fingerprint density at radius 1 is 0.806 bits per heavy atom. The first-order valence-corrected chi connectivity index (χ1v) is 11.7. The highest BCUT2D eigenvalue weighted by molar-refractivity contribution is 7.99. The smallest absolute Gasteiger partial charge is 0.223 e. The van der Waals surface area contributed by atoms with Crippen molar-refractivity contribution in [1.29, 1.82) is 0 Å². The second kappa shape index (κ2) is 10.6. The standard InChI is InChI=1S/C26H27FN2OS/c27-23-13-7-8-14-24(23)31-20-15-25(30)28-16-18-29(19-17-28)26(21-9-3-1-4-10-21)22-11-5-2-6-12-22/h1-14,26H,15-20H2. The molecule has 0 N–H and O–H groups in total. The van der Waals surface area contributed by atoms with Crippen LogP contribution >= 0.6 is 11.8 Å². The van der Waals surface area contributed by atoms with E-state index in [9.17, 15) is 9.18 Å². The zero-order valence-electron chi connectivity index (χ0n) is 17.5. The molecule has 5 heteroatoms. The lowest BCUT2D eigenvalue weighted by Gasteiger charge is -2.39. The molecule has 0 unspecified atom stereocenters. The van der Waals surface area contributed by atoms with Gasteiger partial charge in [-0.1, -0.05) is 72.8 Å². The molecule has 3 aromatic carbocycles. The van der Waals surface area contributed by atoms with Crippen molar-refractivity contribution in [3.05, 3.63) is 102 Å². The number of hydrogen-bond donors (Lipinski definition) is 0. The van der Waals surface area contributed by atoms with Crippen LogP contribution in [0.3, 0.4) is 0 Å². The molecule has 1 amide bonds. The van der Waals surface area contributed by atoms with Crippen LogP contribution < -0.4 is 0 Å². The van der Waals surface area contributed by atoms with Crippen molar-refractivity contribution in [3.8, 4) is 0 Å². The van der Waals surface area contributed by atoms with E-state index < -0.39 is 0 Å². The maximum absolute atomic E-state index is 13.7. The van der Waals surface area contributed by atoms with Crippen LogP contribution in [0.1, 0.15) is 23.6 Å². The van der Waals surface area contributed by atoms with Crippen LogP contribution in [-0.4, -0.2) is 47.6 Å². The van der Waals surface area contributed by atoms with Gasteiger partial charge in [-0.2, -0.15) is 0 Å². The van der Waals surface area contributed by atoms with E-state index in [2.05, 4.69) is 53.4 Å². The SMILES string of the molecule is O=C(CCSc1ccccc1F)N1CCN(C(c2ccccc2)c2ccccc2)CC1. The summed E-state index contributed by atoms with van der Waals surface area (Å²) in [5, 5.41) is 0. The lowest BCUT2D eigenvalue weighted by molar-refractivity contribution is -0.132. The lowest BCUT2D eigenvalue weighted by Crippen LogP contribution is -2.49. The van der Waals surface area contributed by atoms with Crippen molar-refractivity contribution >= 4 is 17.7 Å². The van der Waals surface area contributed by atoms with Crippen molar-refractivity contribution < 1.29 is 9.18 Å². The molecular weight excluding hydrogens is 407 g/mol. The van der Waals surface area contributed by atoms with Crippen LogP contribution in [0.25, 0.3) is 0 Å². The predicted octanol–water partition coefficient (Wildman–Crippen LogP) is 5.24. The topological polar surface area (TPSA) is 23.6 Å². The van der Waals surface area contributed by atoms with Gasteiger partial charge in [0.25, 0.3) is 0 Å². The van der Waals surface area contributed by atoms with Gasteiger partial charge in [0.1, 0.15) is 5.82 Å². The Morgan fingerprint density at radius 2 is 1.35 bits per heavy atom. The second-order valence-corrected chi connectivity index (χ2v) is 8.81. The number of nitrogens with zero attached hydrogens (tertiary/aromatic N) is 2. The summed E-state index contributed by atoms with van der Waals surface area (Å²) in [6, 6.07) is 28.0. The quantitative estimate of drug-likeness (QED) is 0.475. The van der Waals surface area contributed by atoms with Gasteiger partial charge in [-0.3, -0.25) is 9.69 Å². The van der Waals surface area contributed by atoms with Crippen LogP contribution in [0.4, 0.5) is 4.39 Å². The molecular formula is C26H27FN2OS. The van der Waals surface area contributed by atoms with Crippen molar-refractivity contribution in [2.75, 3.05) is 31.9 Å². The second-order valence-electron chi connectivity index (χ2n) is 7.67. The number of benzene rings is 3. The zero-order valence-corrected chi connectivity index (χ0v) is 18.3. The van der Waals surface area contributed by atoms with Crippen LogP contribution in [-0.2, 0) is 4.79 Å². The fourth-order valence-corrected chi connectivity index (χ4v) is 4.96. The molecule has 0 bridgehead atoms. The summed E-state index contributed by atoms with van der Waals surface area (Å²) >= 11 is 1.41. The maximum Gasteiger partial charge on any atom is 0.223 e. The Morgan fingerprint density at radius 3 is 1.94 bits per heavy atom. The van der Waals surface area contributed by atoms with Gasteiger partial charge in [-0.05, 0) is 23.3 Å². The van der Waals surface area contributed by atoms with E-state index in [0.717, 1.165) is 26.2 Å². The molecule has 0 atom stereocenters. The third-order valence-electron chi connectivity index (χ3n) is 5.67. The molecule has 1 aliphatic rings. The van der Waals surface area contributed by atoms with Gasteiger partial charge in [0.15, 0.2) is 0 Å². The van der Waals surface area contributed by atoms with Crippen LogP contribution in [0.15, 0.2) is 89.8 Å². The summed E-state index contributed by atoms with van der Waals surface area (Å²) in [5.74, 6) is 0.525. The highest BCUT2D eigenvalue weighted by Crippen LogP contribution is 2.29.